The van der Waals surface area contributed by atoms with Crippen LogP contribution >= 0.6 is 0 Å². The molecule has 3 aromatic carbocycles. The maximum Gasteiger partial charge on any atom is 0.322 e. The van der Waals surface area contributed by atoms with E-state index in [1.165, 1.54) is 30.4 Å². The first-order chi connectivity index (χ1) is 17.6. The molecule has 5 heteroatoms. The topological polar surface area (TPSA) is 44.8 Å². The highest BCUT2D eigenvalue weighted by molar-refractivity contribution is 5.89. The Balaban J connectivity index is 1.28. The summed E-state index contributed by atoms with van der Waals surface area (Å²) < 4.78 is 5.23. The maximum absolute atomic E-state index is 13.2. The van der Waals surface area contributed by atoms with Crippen LogP contribution < -0.4 is 10.1 Å². The Labute approximate surface area is 216 Å². The number of aryl methyl sites for hydroxylation is 1. The highest BCUT2D eigenvalue weighted by Crippen LogP contribution is 2.22. The molecule has 5 nitrogen and oxygen atoms in total. The molecule has 3 aromatic rings. The van der Waals surface area contributed by atoms with Gasteiger partial charge in [-0.2, -0.15) is 0 Å². The van der Waals surface area contributed by atoms with Crippen molar-refractivity contribution in [1.29, 1.82) is 0 Å². The summed E-state index contributed by atoms with van der Waals surface area (Å²) in [7, 11) is 1.64. The van der Waals surface area contributed by atoms with Gasteiger partial charge >= 0.3 is 6.03 Å². The number of benzene rings is 3. The molecule has 0 spiro atoms. The van der Waals surface area contributed by atoms with E-state index in [-0.39, 0.29) is 6.03 Å². The first-order valence-electron chi connectivity index (χ1n) is 13.1. The molecule has 0 unspecified atom stereocenters. The monoisotopic (exact) mass is 485 g/mol. The number of anilines is 1. The van der Waals surface area contributed by atoms with E-state index in [1.54, 1.807) is 7.11 Å². The van der Waals surface area contributed by atoms with E-state index >= 15 is 0 Å². The number of nitrogens with one attached hydrogen (secondary N) is 1. The quantitative estimate of drug-likeness (QED) is 0.362. The van der Waals surface area contributed by atoms with Crippen molar-refractivity contribution in [2.24, 2.45) is 5.92 Å². The van der Waals surface area contributed by atoms with Crippen molar-refractivity contribution in [2.75, 3.05) is 38.6 Å². The van der Waals surface area contributed by atoms with Gasteiger partial charge in [0.1, 0.15) is 5.75 Å². The van der Waals surface area contributed by atoms with Crippen molar-refractivity contribution in [1.82, 2.24) is 9.80 Å². The van der Waals surface area contributed by atoms with Gasteiger partial charge in [-0.05, 0) is 93.6 Å². The average Bonchev–Trinajstić information content (AvgIpc) is 2.91. The van der Waals surface area contributed by atoms with E-state index in [0.29, 0.717) is 6.54 Å². The van der Waals surface area contributed by atoms with Crippen LogP contribution in [0.3, 0.4) is 0 Å². The summed E-state index contributed by atoms with van der Waals surface area (Å²) in [5.41, 5.74) is 4.59. The number of piperidine rings is 1. The van der Waals surface area contributed by atoms with Gasteiger partial charge in [-0.3, -0.25) is 0 Å². The molecule has 1 aliphatic heterocycles. The predicted molar refractivity (Wildman–Crippen MR) is 148 cm³/mol. The van der Waals surface area contributed by atoms with Gasteiger partial charge in [0.05, 0.1) is 7.11 Å². The van der Waals surface area contributed by atoms with E-state index < -0.39 is 0 Å². The van der Waals surface area contributed by atoms with Crippen LogP contribution in [0.2, 0.25) is 0 Å². The van der Waals surface area contributed by atoms with Crippen molar-refractivity contribution >= 4 is 11.7 Å². The molecule has 0 saturated carbocycles. The number of carbonyl (C=O) groups excluding carboxylic acids is 1. The van der Waals surface area contributed by atoms with Crippen LogP contribution in [0.4, 0.5) is 10.5 Å². The summed E-state index contributed by atoms with van der Waals surface area (Å²) in [5, 5.41) is 3.06. The zero-order chi connectivity index (χ0) is 25.2. The third-order valence-electron chi connectivity index (χ3n) is 7.10. The lowest BCUT2D eigenvalue weighted by molar-refractivity contribution is 0.170. The van der Waals surface area contributed by atoms with E-state index in [9.17, 15) is 4.79 Å². The lowest BCUT2D eigenvalue weighted by Gasteiger charge is -2.32. The Morgan fingerprint density at radius 3 is 2.31 bits per heavy atom. The molecule has 0 radical (unpaired) electrons. The highest BCUT2D eigenvalue weighted by Gasteiger charge is 2.20. The Bertz CT molecular complexity index is 1060. The van der Waals surface area contributed by atoms with Crippen molar-refractivity contribution in [3.63, 3.8) is 0 Å². The number of likely N-dealkylation sites (tertiary alicyclic amines) is 1. The molecular formula is C31H39N3O2. The van der Waals surface area contributed by atoms with Crippen LogP contribution in [-0.2, 0) is 13.0 Å². The first-order valence-corrected chi connectivity index (χ1v) is 13.1. The van der Waals surface area contributed by atoms with Gasteiger partial charge in [-0.1, -0.05) is 60.2 Å². The van der Waals surface area contributed by atoms with Crippen LogP contribution in [0, 0.1) is 12.8 Å². The van der Waals surface area contributed by atoms with Crippen LogP contribution in [0.15, 0.2) is 78.9 Å². The highest BCUT2D eigenvalue weighted by atomic mass is 16.5. The van der Waals surface area contributed by atoms with Crippen LogP contribution in [-0.4, -0.2) is 49.1 Å². The van der Waals surface area contributed by atoms with E-state index in [0.717, 1.165) is 55.5 Å². The summed E-state index contributed by atoms with van der Waals surface area (Å²) in [6.45, 7) is 6.72. The maximum atomic E-state index is 13.2. The summed E-state index contributed by atoms with van der Waals surface area (Å²) in [4.78, 5) is 17.7. The fraction of sp³-hybridized carbons (Fsp3) is 0.387. The van der Waals surface area contributed by atoms with Gasteiger partial charge in [0.25, 0.3) is 0 Å². The molecule has 4 rings (SSSR count). The van der Waals surface area contributed by atoms with E-state index in [4.69, 9.17) is 4.74 Å². The minimum atomic E-state index is -0.0673. The second-order valence-electron chi connectivity index (χ2n) is 9.89. The summed E-state index contributed by atoms with van der Waals surface area (Å²) >= 11 is 0. The molecule has 1 fully saturated rings. The minimum absolute atomic E-state index is 0.0673. The first kappa shape index (κ1) is 25.8. The van der Waals surface area contributed by atoms with E-state index in [2.05, 4.69) is 71.7 Å². The van der Waals surface area contributed by atoms with Crippen molar-refractivity contribution in [3.8, 4) is 5.75 Å². The Hall–Kier alpha value is -3.31. The molecule has 0 aromatic heterocycles. The summed E-state index contributed by atoms with van der Waals surface area (Å²) in [5.74, 6) is 1.55. The standard InChI is InChI=1S/C31H39N3O2/c1-25-9-11-28(12-10-25)24-34(31(35)32-29-13-15-30(36-2)16-14-29)20-6-19-33-21-17-27(18-22-33)23-26-7-4-3-5-8-26/h3-5,7-16,27H,6,17-24H2,1-2H3,(H,32,35). The molecule has 0 aliphatic carbocycles. The number of amides is 2. The zero-order valence-electron chi connectivity index (χ0n) is 21.7. The van der Waals surface area contributed by atoms with Crippen molar-refractivity contribution in [2.45, 2.75) is 39.2 Å². The number of urea groups is 1. The van der Waals surface area contributed by atoms with E-state index in [1.807, 2.05) is 29.2 Å². The van der Waals surface area contributed by atoms with Crippen molar-refractivity contribution in [3.05, 3.63) is 95.6 Å². The molecule has 190 valence electrons. The number of nitrogens with zero attached hydrogens (tertiary/aromatic N) is 2. The van der Waals surface area contributed by atoms with Gasteiger partial charge in [0, 0.05) is 18.8 Å². The number of carbonyl (C=O) groups is 1. The molecule has 0 bridgehead atoms. The molecule has 1 N–H and O–H groups in total. The third kappa shape index (κ3) is 7.85. The number of hydrogen-bond acceptors (Lipinski definition) is 3. The molecule has 36 heavy (non-hydrogen) atoms. The number of rotatable bonds is 10. The average molecular weight is 486 g/mol. The lowest BCUT2D eigenvalue weighted by Crippen LogP contribution is -2.39. The second kappa shape index (κ2) is 13.1. The SMILES string of the molecule is COc1ccc(NC(=O)N(CCCN2CCC(Cc3ccccc3)CC2)Cc2ccc(C)cc2)cc1. The van der Waals surface area contributed by atoms with Gasteiger partial charge < -0.3 is 19.9 Å². The fourth-order valence-corrected chi connectivity index (χ4v) is 4.89. The zero-order valence-corrected chi connectivity index (χ0v) is 21.7. The molecule has 1 heterocycles. The second-order valence-corrected chi connectivity index (χ2v) is 9.89. The van der Waals surface area contributed by atoms with Crippen LogP contribution in [0.5, 0.6) is 5.75 Å². The molecule has 2 amide bonds. The predicted octanol–water partition coefficient (Wildman–Crippen LogP) is 6.38. The molecular weight excluding hydrogens is 446 g/mol. The summed E-state index contributed by atoms with van der Waals surface area (Å²) in [6.07, 6.45) is 4.65. The lowest BCUT2D eigenvalue weighted by atomic mass is 9.90. The Morgan fingerprint density at radius 1 is 0.944 bits per heavy atom. The van der Waals surface area contributed by atoms with Crippen molar-refractivity contribution < 1.29 is 9.53 Å². The largest absolute Gasteiger partial charge is 0.497 e. The Kier molecular flexibility index (Phi) is 9.40. The molecule has 1 aliphatic rings. The molecule has 1 saturated heterocycles. The molecule has 0 atom stereocenters. The third-order valence-corrected chi connectivity index (χ3v) is 7.10. The number of ether oxygens (including phenoxy) is 1. The van der Waals surface area contributed by atoms with Gasteiger partial charge in [-0.25, -0.2) is 4.79 Å². The number of methoxy groups -OCH3 is 1. The van der Waals surface area contributed by atoms with Crippen LogP contribution in [0.25, 0.3) is 0 Å². The minimum Gasteiger partial charge on any atom is -0.497 e. The fourth-order valence-electron chi connectivity index (χ4n) is 4.89. The summed E-state index contributed by atoms with van der Waals surface area (Å²) in [6, 6.07) is 26.7. The Morgan fingerprint density at radius 2 is 1.64 bits per heavy atom. The van der Waals surface area contributed by atoms with Gasteiger partial charge in [0.2, 0.25) is 0 Å². The smallest absolute Gasteiger partial charge is 0.322 e. The number of hydrogen-bond donors (Lipinski definition) is 1. The van der Waals surface area contributed by atoms with Crippen LogP contribution in [0.1, 0.15) is 36.0 Å². The normalized spacial score (nSPS) is 14.4. The van der Waals surface area contributed by atoms with Gasteiger partial charge in [0.15, 0.2) is 0 Å². The van der Waals surface area contributed by atoms with Gasteiger partial charge in [-0.15, -0.1) is 0 Å².